The van der Waals surface area contributed by atoms with Crippen LogP contribution in [0.1, 0.15) is 19.9 Å². The zero-order chi connectivity index (χ0) is 12.5. The quantitative estimate of drug-likeness (QED) is 0.877. The third-order valence-corrected chi connectivity index (χ3v) is 3.60. The summed E-state index contributed by atoms with van der Waals surface area (Å²) in [5.74, 6) is 0. The van der Waals surface area contributed by atoms with Crippen LogP contribution in [0.5, 0.6) is 0 Å². The fourth-order valence-corrected chi connectivity index (χ4v) is 2.55. The highest BCUT2D eigenvalue weighted by atomic mass is 15.2. The number of anilines is 1. The van der Waals surface area contributed by atoms with Crippen LogP contribution < -0.4 is 10.2 Å². The zero-order valence-corrected chi connectivity index (χ0v) is 11.1. The Hall–Kier alpha value is -1.55. The van der Waals surface area contributed by atoms with Crippen LogP contribution in [0.15, 0.2) is 24.5 Å². The van der Waals surface area contributed by atoms with E-state index in [1.165, 1.54) is 11.2 Å². The molecule has 0 amide bonds. The predicted molar refractivity (Wildman–Crippen MR) is 75.2 cm³/mol. The minimum absolute atomic E-state index is 0.458. The van der Waals surface area contributed by atoms with Crippen molar-refractivity contribution in [1.29, 1.82) is 0 Å². The molecule has 0 spiro atoms. The summed E-state index contributed by atoms with van der Waals surface area (Å²) in [6, 6.07) is 7.08. The second-order valence-corrected chi connectivity index (χ2v) is 5.16. The summed E-state index contributed by atoms with van der Waals surface area (Å²) in [6.07, 6.45) is 1.94. The molecule has 2 aromatic rings. The number of nitrogens with one attached hydrogen (secondary N) is 1. The molecule has 1 aliphatic rings. The van der Waals surface area contributed by atoms with Gasteiger partial charge in [-0.3, -0.25) is 0 Å². The van der Waals surface area contributed by atoms with Gasteiger partial charge in [-0.15, -0.1) is 0 Å². The van der Waals surface area contributed by atoms with Gasteiger partial charge in [0.1, 0.15) is 0 Å². The number of imidazole rings is 1. The Bertz CT molecular complexity index is 538. The van der Waals surface area contributed by atoms with Gasteiger partial charge < -0.3 is 14.8 Å². The van der Waals surface area contributed by atoms with Gasteiger partial charge >= 0.3 is 0 Å². The van der Waals surface area contributed by atoms with E-state index in [1.54, 1.807) is 0 Å². The Morgan fingerprint density at radius 2 is 2.00 bits per heavy atom. The van der Waals surface area contributed by atoms with Gasteiger partial charge in [-0.1, -0.05) is 0 Å². The first kappa shape index (κ1) is 11.5. The van der Waals surface area contributed by atoms with Gasteiger partial charge in [0.2, 0.25) is 0 Å². The first-order valence-corrected chi connectivity index (χ1v) is 6.68. The Morgan fingerprint density at radius 3 is 2.72 bits per heavy atom. The number of benzene rings is 1. The first-order chi connectivity index (χ1) is 8.75. The monoisotopic (exact) mass is 244 g/mol. The van der Waals surface area contributed by atoms with Crippen LogP contribution in [-0.4, -0.2) is 35.7 Å². The molecular formula is C14H20N4. The van der Waals surface area contributed by atoms with Gasteiger partial charge in [-0.05, 0) is 32.0 Å². The fraction of sp³-hybridized carbons (Fsp3) is 0.500. The van der Waals surface area contributed by atoms with E-state index in [2.05, 4.69) is 51.8 Å². The summed E-state index contributed by atoms with van der Waals surface area (Å²) in [7, 11) is 0. The van der Waals surface area contributed by atoms with E-state index in [4.69, 9.17) is 0 Å². The lowest BCUT2D eigenvalue weighted by Gasteiger charge is -2.29. The van der Waals surface area contributed by atoms with Crippen LogP contribution in [0.25, 0.3) is 11.0 Å². The molecule has 0 saturated carbocycles. The summed E-state index contributed by atoms with van der Waals surface area (Å²) in [4.78, 5) is 6.94. The van der Waals surface area contributed by atoms with E-state index < -0.39 is 0 Å². The molecule has 1 aliphatic heterocycles. The Kier molecular flexibility index (Phi) is 2.96. The summed E-state index contributed by atoms with van der Waals surface area (Å²) >= 11 is 0. The largest absolute Gasteiger partial charge is 0.369 e. The molecule has 0 unspecified atom stereocenters. The van der Waals surface area contributed by atoms with Crippen LogP contribution in [0.4, 0.5) is 5.69 Å². The number of hydrogen-bond donors (Lipinski definition) is 1. The van der Waals surface area contributed by atoms with Crippen molar-refractivity contribution in [2.45, 2.75) is 19.9 Å². The molecule has 4 nitrogen and oxygen atoms in total. The number of piperazine rings is 1. The van der Waals surface area contributed by atoms with Crippen LogP contribution in [0, 0.1) is 0 Å². The fourth-order valence-electron chi connectivity index (χ4n) is 2.55. The maximum atomic E-state index is 4.52. The summed E-state index contributed by atoms with van der Waals surface area (Å²) in [6.45, 7) is 8.67. The highest BCUT2D eigenvalue weighted by Gasteiger charge is 2.12. The van der Waals surface area contributed by atoms with Crippen molar-refractivity contribution in [3.05, 3.63) is 24.5 Å². The van der Waals surface area contributed by atoms with E-state index in [0.717, 1.165) is 31.7 Å². The number of hydrogen-bond acceptors (Lipinski definition) is 3. The molecule has 3 rings (SSSR count). The third-order valence-electron chi connectivity index (χ3n) is 3.60. The molecule has 1 saturated heterocycles. The lowest BCUT2D eigenvalue weighted by atomic mass is 10.2. The summed E-state index contributed by atoms with van der Waals surface area (Å²) in [5.41, 5.74) is 3.61. The Labute approximate surface area is 108 Å². The van der Waals surface area contributed by atoms with Crippen LogP contribution in [-0.2, 0) is 0 Å². The normalized spacial score (nSPS) is 16.7. The molecule has 2 heterocycles. The van der Waals surface area contributed by atoms with Crippen LogP contribution in [0.3, 0.4) is 0 Å². The molecule has 0 radical (unpaired) electrons. The van der Waals surface area contributed by atoms with Crippen LogP contribution >= 0.6 is 0 Å². The van der Waals surface area contributed by atoms with Gasteiger partial charge in [0.05, 0.1) is 17.4 Å². The lowest BCUT2D eigenvalue weighted by Crippen LogP contribution is -2.43. The van der Waals surface area contributed by atoms with E-state index in [9.17, 15) is 0 Å². The van der Waals surface area contributed by atoms with E-state index in [0.29, 0.717) is 6.04 Å². The molecule has 0 bridgehead atoms. The summed E-state index contributed by atoms with van der Waals surface area (Å²) < 4.78 is 2.22. The molecule has 1 fully saturated rings. The number of nitrogens with zero attached hydrogens (tertiary/aromatic N) is 3. The van der Waals surface area contributed by atoms with Gasteiger partial charge in [0.15, 0.2) is 0 Å². The maximum absolute atomic E-state index is 4.52. The first-order valence-electron chi connectivity index (χ1n) is 6.68. The molecule has 0 aliphatic carbocycles. The number of fused-ring (bicyclic) bond motifs is 1. The SMILES string of the molecule is CC(C)n1cnc2cc(N3CCNCC3)ccc21. The van der Waals surface area contributed by atoms with E-state index in [1.807, 2.05) is 6.33 Å². The van der Waals surface area contributed by atoms with Crippen molar-refractivity contribution in [2.24, 2.45) is 0 Å². The van der Waals surface area contributed by atoms with Gasteiger partial charge in [0, 0.05) is 37.9 Å². The standard InChI is InChI=1S/C14H20N4/c1-11(2)18-10-16-13-9-12(3-4-14(13)18)17-7-5-15-6-8-17/h3-4,9-11,15H,5-8H2,1-2H3. The maximum Gasteiger partial charge on any atom is 0.0960 e. The second-order valence-electron chi connectivity index (χ2n) is 5.16. The molecule has 18 heavy (non-hydrogen) atoms. The molecule has 96 valence electrons. The van der Waals surface area contributed by atoms with Gasteiger partial charge in [-0.2, -0.15) is 0 Å². The van der Waals surface area contributed by atoms with Crippen molar-refractivity contribution in [1.82, 2.24) is 14.9 Å². The predicted octanol–water partition coefficient (Wildman–Crippen LogP) is 2.03. The Balaban J connectivity index is 1.96. The second kappa shape index (κ2) is 4.61. The van der Waals surface area contributed by atoms with E-state index in [-0.39, 0.29) is 0 Å². The van der Waals surface area contributed by atoms with Crippen molar-refractivity contribution < 1.29 is 0 Å². The highest BCUT2D eigenvalue weighted by Crippen LogP contribution is 2.23. The number of aromatic nitrogens is 2. The molecule has 1 N–H and O–H groups in total. The molecule has 0 atom stereocenters. The smallest absolute Gasteiger partial charge is 0.0960 e. The topological polar surface area (TPSA) is 33.1 Å². The minimum Gasteiger partial charge on any atom is -0.369 e. The van der Waals surface area contributed by atoms with Gasteiger partial charge in [-0.25, -0.2) is 4.98 Å². The van der Waals surface area contributed by atoms with Gasteiger partial charge in [0.25, 0.3) is 0 Å². The van der Waals surface area contributed by atoms with Crippen molar-refractivity contribution >= 4 is 16.7 Å². The highest BCUT2D eigenvalue weighted by molar-refractivity contribution is 5.80. The van der Waals surface area contributed by atoms with Crippen LogP contribution in [0.2, 0.25) is 0 Å². The van der Waals surface area contributed by atoms with Crippen molar-refractivity contribution in [3.63, 3.8) is 0 Å². The molecule has 4 heteroatoms. The van der Waals surface area contributed by atoms with E-state index >= 15 is 0 Å². The lowest BCUT2D eigenvalue weighted by molar-refractivity contribution is 0.589. The third kappa shape index (κ3) is 1.97. The molecule has 1 aromatic heterocycles. The average Bonchev–Trinajstić information content (AvgIpc) is 2.82. The Morgan fingerprint density at radius 1 is 1.22 bits per heavy atom. The van der Waals surface area contributed by atoms with Crippen molar-refractivity contribution in [2.75, 3.05) is 31.1 Å². The number of rotatable bonds is 2. The average molecular weight is 244 g/mol. The minimum atomic E-state index is 0.458. The molecule has 1 aromatic carbocycles. The zero-order valence-electron chi connectivity index (χ0n) is 11.1. The summed E-state index contributed by atoms with van der Waals surface area (Å²) in [5, 5.41) is 3.38. The van der Waals surface area contributed by atoms with Crippen molar-refractivity contribution in [3.8, 4) is 0 Å². The molecular weight excluding hydrogens is 224 g/mol.